The van der Waals surface area contributed by atoms with Crippen molar-refractivity contribution in [2.75, 3.05) is 12.9 Å². The van der Waals surface area contributed by atoms with Crippen LogP contribution in [0.1, 0.15) is 32.1 Å². The largest absolute Gasteiger partial charge is 0.377 e. The van der Waals surface area contributed by atoms with E-state index in [0.29, 0.717) is 0 Å². The molecule has 0 radical (unpaired) electrons. The van der Waals surface area contributed by atoms with E-state index in [1.165, 1.54) is 6.42 Å². The summed E-state index contributed by atoms with van der Waals surface area (Å²) in [6.07, 6.45) is 5.31. The first-order valence-corrected chi connectivity index (χ1v) is 5.59. The van der Waals surface area contributed by atoms with Gasteiger partial charge in [-0.15, -0.1) is 0 Å². The lowest BCUT2D eigenvalue weighted by Gasteiger charge is -2.34. The van der Waals surface area contributed by atoms with E-state index in [9.17, 15) is 4.21 Å². The molecule has 0 bridgehead atoms. The van der Waals surface area contributed by atoms with Gasteiger partial charge in [0.15, 0.2) is 11.1 Å². The zero-order valence-electron chi connectivity index (χ0n) is 7.41. The molecule has 72 valence electrons. The molecule has 1 unspecified atom stereocenters. The molecular weight excluding hydrogens is 176 g/mol. The molecule has 1 aliphatic rings. The Labute approximate surface area is 75.8 Å². The van der Waals surface area contributed by atoms with Crippen LogP contribution >= 0.6 is 0 Å². The number of hydrogen-bond donors (Lipinski definition) is 1. The summed E-state index contributed by atoms with van der Waals surface area (Å²) >= 11 is -1.73. The van der Waals surface area contributed by atoms with E-state index in [-0.39, 0.29) is 11.4 Å². The first-order valence-electron chi connectivity index (χ1n) is 4.31. The van der Waals surface area contributed by atoms with Crippen LogP contribution in [0.4, 0.5) is 0 Å². The van der Waals surface area contributed by atoms with Crippen LogP contribution in [0.25, 0.3) is 0 Å². The van der Waals surface area contributed by atoms with Crippen LogP contribution in [0.2, 0.25) is 0 Å². The smallest absolute Gasteiger partial charge is 0.155 e. The summed E-state index contributed by atoms with van der Waals surface area (Å²) in [5.41, 5.74) is -0.308. The summed E-state index contributed by atoms with van der Waals surface area (Å²) in [6, 6.07) is 0. The average molecular weight is 192 g/mol. The number of methoxy groups -OCH3 is 1. The van der Waals surface area contributed by atoms with Crippen LogP contribution < -0.4 is 0 Å². The lowest BCUT2D eigenvalue weighted by Crippen LogP contribution is -2.39. The standard InChI is InChI=1S/C8H16O3S/c1-11-8(7-12(9)10)5-3-2-4-6-8/h2-7H2,1H3,(H,9,10). The lowest BCUT2D eigenvalue weighted by molar-refractivity contribution is -0.0204. The monoisotopic (exact) mass is 192 g/mol. The van der Waals surface area contributed by atoms with Gasteiger partial charge in [-0.1, -0.05) is 19.3 Å². The Morgan fingerprint density at radius 1 is 1.42 bits per heavy atom. The molecule has 0 spiro atoms. The maximum Gasteiger partial charge on any atom is 0.155 e. The van der Waals surface area contributed by atoms with E-state index in [1.807, 2.05) is 0 Å². The number of hydrogen-bond acceptors (Lipinski definition) is 2. The molecule has 1 fully saturated rings. The Kier molecular flexibility index (Phi) is 3.68. The maximum atomic E-state index is 10.7. The zero-order chi connectivity index (χ0) is 9.03. The molecule has 1 N–H and O–H groups in total. The summed E-state index contributed by atoms with van der Waals surface area (Å²) in [5.74, 6) is 0.267. The second-order valence-corrected chi connectivity index (χ2v) is 4.35. The summed E-state index contributed by atoms with van der Waals surface area (Å²) in [7, 11) is 1.64. The molecule has 1 aliphatic carbocycles. The average Bonchev–Trinajstić information content (AvgIpc) is 2.05. The lowest BCUT2D eigenvalue weighted by atomic mass is 9.86. The SMILES string of the molecule is COC1(CS(=O)O)CCCCC1. The summed E-state index contributed by atoms with van der Waals surface area (Å²) < 4.78 is 24.8. The van der Waals surface area contributed by atoms with E-state index in [4.69, 9.17) is 9.29 Å². The van der Waals surface area contributed by atoms with Gasteiger partial charge in [0.2, 0.25) is 0 Å². The summed E-state index contributed by atoms with van der Waals surface area (Å²) in [6.45, 7) is 0. The van der Waals surface area contributed by atoms with Crippen molar-refractivity contribution in [3.63, 3.8) is 0 Å². The highest BCUT2D eigenvalue weighted by Crippen LogP contribution is 2.31. The molecule has 1 rings (SSSR count). The van der Waals surface area contributed by atoms with E-state index in [2.05, 4.69) is 0 Å². The molecule has 4 heteroatoms. The molecule has 0 amide bonds. The molecule has 0 aromatic carbocycles. The van der Waals surface area contributed by atoms with Gasteiger partial charge in [0.05, 0.1) is 11.4 Å². The Balaban J connectivity index is 2.53. The molecule has 3 nitrogen and oxygen atoms in total. The van der Waals surface area contributed by atoms with E-state index in [0.717, 1.165) is 25.7 Å². The van der Waals surface area contributed by atoms with Crippen molar-refractivity contribution in [2.45, 2.75) is 37.7 Å². The molecule has 12 heavy (non-hydrogen) atoms. The molecule has 0 aliphatic heterocycles. The van der Waals surface area contributed by atoms with Crippen LogP contribution in [0.3, 0.4) is 0 Å². The minimum Gasteiger partial charge on any atom is -0.377 e. The minimum absolute atomic E-state index is 0.267. The molecular formula is C8H16O3S. The topological polar surface area (TPSA) is 46.5 Å². The fourth-order valence-electron chi connectivity index (χ4n) is 1.83. The third-order valence-corrected chi connectivity index (χ3v) is 3.36. The molecule has 0 aromatic rings. The Morgan fingerprint density at radius 2 is 2.00 bits per heavy atom. The molecule has 0 aromatic heterocycles. The minimum atomic E-state index is -1.73. The molecule has 0 heterocycles. The maximum absolute atomic E-state index is 10.7. The molecule has 0 saturated heterocycles. The van der Waals surface area contributed by atoms with Crippen molar-refractivity contribution in [3.8, 4) is 0 Å². The second-order valence-electron chi connectivity index (χ2n) is 3.41. The van der Waals surface area contributed by atoms with Crippen molar-refractivity contribution >= 4 is 11.1 Å². The zero-order valence-corrected chi connectivity index (χ0v) is 8.23. The first kappa shape index (κ1) is 10.2. The summed E-state index contributed by atoms with van der Waals surface area (Å²) in [5, 5.41) is 0. The van der Waals surface area contributed by atoms with Gasteiger partial charge in [0.25, 0.3) is 0 Å². The second kappa shape index (κ2) is 4.35. The van der Waals surface area contributed by atoms with Gasteiger partial charge in [-0.2, -0.15) is 0 Å². The normalized spacial score (nSPS) is 25.2. The highest BCUT2D eigenvalue weighted by Gasteiger charge is 2.33. The predicted molar refractivity (Wildman–Crippen MR) is 48.5 cm³/mol. The van der Waals surface area contributed by atoms with Gasteiger partial charge in [-0.25, -0.2) is 4.21 Å². The Bertz CT molecular complexity index is 164. The van der Waals surface area contributed by atoms with Gasteiger partial charge in [-0.3, -0.25) is 0 Å². The fraction of sp³-hybridized carbons (Fsp3) is 1.00. The van der Waals surface area contributed by atoms with Gasteiger partial charge < -0.3 is 9.29 Å². The molecule has 1 saturated carbocycles. The van der Waals surface area contributed by atoms with E-state index in [1.54, 1.807) is 7.11 Å². The Hall–Kier alpha value is 0.0700. The third-order valence-electron chi connectivity index (χ3n) is 2.58. The van der Waals surface area contributed by atoms with Crippen LogP contribution in [-0.4, -0.2) is 27.2 Å². The highest BCUT2D eigenvalue weighted by atomic mass is 32.2. The fourth-order valence-corrected chi connectivity index (χ4v) is 2.69. The van der Waals surface area contributed by atoms with Crippen LogP contribution in [-0.2, 0) is 15.8 Å². The van der Waals surface area contributed by atoms with Gasteiger partial charge in [0, 0.05) is 7.11 Å². The van der Waals surface area contributed by atoms with Crippen molar-refractivity contribution in [2.24, 2.45) is 0 Å². The van der Waals surface area contributed by atoms with Gasteiger partial charge in [-0.05, 0) is 12.8 Å². The van der Waals surface area contributed by atoms with E-state index < -0.39 is 11.1 Å². The quantitative estimate of drug-likeness (QED) is 0.690. The van der Waals surface area contributed by atoms with Crippen molar-refractivity contribution < 1.29 is 13.5 Å². The van der Waals surface area contributed by atoms with Gasteiger partial charge >= 0.3 is 0 Å². The number of ether oxygens (including phenoxy) is 1. The van der Waals surface area contributed by atoms with Crippen molar-refractivity contribution in [1.82, 2.24) is 0 Å². The first-order chi connectivity index (χ1) is 5.68. The van der Waals surface area contributed by atoms with Crippen LogP contribution in [0.15, 0.2) is 0 Å². The van der Waals surface area contributed by atoms with Crippen molar-refractivity contribution in [3.05, 3.63) is 0 Å². The summed E-state index contributed by atoms with van der Waals surface area (Å²) in [4.78, 5) is 0. The number of rotatable bonds is 3. The van der Waals surface area contributed by atoms with Crippen LogP contribution in [0.5, 0.6) is 0 Å². The predicted octanol–water partition coefficient (Wildman–Crippen LogP) is 1.56. The molecule has 1 atom stereocenters. The third kappa shape index (κ3) is 2.54. The van der Waals surface area contributed by atoms with Crippen molar-refractivity contribution in [1.29, 1.82) is 0 Å². The van der Waals surface area contributed by atoms with Crippen LogP contribution in [0, 0.1) is 0 Å². The Morgan fingerprint density at radius 3 is 2.42 bits per heavy atom. The highest BCUT2D eigenvalue weighted by molar-refractivity contribution is 7.79. The van der Waals surface area contributed by atoms with Gasteiger partial charge in [0.1, 0.15) is 0 Å². The van der Waals surface area contributed by atoms with E-state index >= 15 is 0 Å².